The summed E-state index contributed by atoms with van der Waals surface area (Å²) < 4.78 is 59.1. The molecular weight excluding hydrogens is 502 g/mol. The molecule has 2 N–H and O–H groups in total. The number of hydrogen-bond acceptors (Lipinski definition) is 8. The number of aliphatic hydroxyl groups is 1. The van der Waals surface area contributed by atoms with Crippen molar-refractivity contribution >= 4 is 43.0 Å². The first kappa shape index (κ1) is 26.4. The van der Waals surface area contributed by atoms with Crippen molar-refractivity contribution in [3.63, 3.8) is 0 Å². The number of carbonyl (C=O) groups excluding carboxylic acids is 1. The van der Waals surface area contributed by atoms with E-state index in [4.69, 9.17) is 4.74 Å². The van der Waals surface area contributed by atoms with E-state index in [0.717, 1.165) is 17.6 Å². The summed E-state index contributed by atoms with van der Waals surface area (Å²) in [4.78, 5) is 14.9. The van der Waals surface area contributed by atoms with Crippen LogP contribution in [-0.4, -0.2) is 82.2 Å². The molecule has 2 aromatic rings. The van der Waals surface area contributed by atoms with Gasteiger partial charge in [-0.2, -0.15) is 0 Å². The molecule has 0 saturated carbocycles. The van der Waals surface area contributed by atoms with Gasteiger partial charge in [0.15, 0.2) is 0 Å². The maximum absolute atomic E-state index is 13.4. The monoisotopic (exact) mass is 531 g/mol. The maximum Gasteiger partial charge on any atom is 0.271 e. The lowest BCUT2D eigenvalue weighted by Crippen LogP contribution is -2.50. The second-order valence-corrected chi connectivity index (χ2v) is 13.4. The molecule has 0 fully saturated rings. The van der Waals surface area contributed by atoms with Crippen molar-refractivity contribution in [2.75, 3.05) is 37.7 Å². The quantitative estimate of drug-likeness (QED) is 0.529. The van der Waals surface area contributed by atoms with Crippen LogP contribution in [0.4, 0.5) is 5.69 Å². The van der Waals surface area contributed by atoms with Gasteiger partial charge >= 0.3 is 0 Å². The number of benzene rings is 1. The van der Waals surface area contributed by atoms with Crippen molar-refractivity contribution in [2.24, 2.45) is 5.92 Å². The van der Waals surface area contributed by atoms with Crippen LogP contribution in [0.25, 0.3) is 0 Å². The Morgan fingerprint density at radius 1 is 1.29 bits per heavy atom. The third-order valence-corrected chi connectivity index (χ3v) is 9.74. The van der Waals surface area contributed by atoms with Crippen molar-refractivity contribution in [3.05, 3.63) is 41.3 Å². The van der Waals surface area contributed by atoms with Gasteiger partial charge in [0.1, 0.15) is 16.1 Å². The van der Waals surface area contributed by atoms with Crippen LogP contribution < -0.4 is 9.46 Å². The Labute approximate surface area is 204 Å². The van der Waals surface area contributed by atoms with Crippen molar-refractivity contribution in [2.45, 2.75) is 30.2 Å². The normalized spacial score (nSPS) is 20.3. The van der Waals surface area contributed by atoms with Crippen LogP contribution in [0, 0.1) is 5.92 Å². The summed E-state index contributed by atoms with van der Waals surface area (Å²) in [7, 11) is -5.84. The highest BCUT2D eigenvalue weighted by molar-refractivity contribution is 7.94. The van der Waals surface area contributed by atoms with Gasteiger partial charge in [-0.1, -0.05) is 13.0 Å². The lowest BCUT2D eigenvalue weighted by molar-refractivity contribution is 0.0387. The van der Waals surface area contributed by atoms with Gasteiger partial charge in [0, 0.05) is 25.2 Å². The Bertz CT molecular complexity index is 1230. The predicted molar refractivity (Wildman–Crippen MR) is 130 cm³/mol. The number of nitrogens with one attached hydrogen (secondary N) is 1. The molecule has 0 bridgehead atoms. The third-order valence-electron chi connectivity index (χ3n) is 5.68. The molecule has 0 unspecified atom stereocenters. The zero-order chi connectivity index (χ0) is 25.3. The molecule has 3 rings (SSSR count). The minimum Gasteiger partial charge on any atom is -0.488 e. The lowest BCUT2D eigenvalue weighted by Gasteiger charge is -2.38. The lowest BCUT2D eigenvalue weighted by atomic mass is 9.99. The SMILES string of the molecule is C[C@@H]1CN([C@H](C)CO)C(=O)c2cc(NS(=O)(=O)c3cccs3)ccc2O[C@@H]1CN(C)S(C)(=O)=O. The smallest absolute Gasteiger partial charge is 0.271 e. The van der Waals surface area contributed by atoms with E-state index in [1.165, 1.54) is 40.5 Å². The van der Waals surface area contributed by atoms with E-state index in [0.29, 0.717) is 0 Å². The van der Waals surface area contributed by atoms with Gasteiger partial charge in [-0.25, -0.2) is 21.1 Å². The molecule has 1 aromatic carbocycles. The van der Waals surface area contributed by atoms with E-state index in [9.17, 15) is 26.7 Å². The van der Waals surface area contributed by atoms with Gasteiger partial charge in [-0.05, 0) is 36.6 Å². The summed E-state index contributed by atoms with van der Waals surface area (Å²) in [6.07, 6.45) is 0.512. The average Bonchev–Trinajstić information content (AvgIpc) is 3.31. The first-order valence-corrected chi connectivity index (χ1v) is 14.7. The number of ether oxygens (including phenoxy) is 1. The predicted octanol–water partition coefficient (Wildman–Crippen LogP) is 1.66. The molecule has 10 nitrogen and oxygen atoms in total. The average molecular weight is 532 g/mol. The molecule has 1 amide bonds. The van der Waals surface area contributed by atoms with Crippen LogP contribution in [0.5, 0.6) is 5.75 Å². The van der Waals surface area contributed by atoms with Crippen molar-refractivity contribution in [3.8, 4) is 5.75 Å². The molecule has 0 spiro atoms. The Kier molecular flexibility index (Phi) is 7.92. The fraction of sp³-hybridized carbons (Fsp3) is 0.476. The number of aliphatic hydroxyl groups excluding tert-OH is 1. The highest BCUT2D eigenvalue weighted by Crippen LogP contribution is 2.31. The topological polar surface area (TPSA) is 133 Å². The van der Waals surface area contributed by atoms with Crippen LogP contribution in [0.1, 0.15) is 24.2 Å². The third kappa shape index (κ3) is 5.89. The number of fused-ring (bicyclic) bond motifs is 1. The van der Waals surface area contributed by atoms with Crippen molar-refractivity contribution in [1.29, 1.82) is 0 Å². The molecule has 1 aliphatic heterocycles. The van der Waals surface area contributed by atoms with Gasteiger partial charge in [-0.3, -0.25) is 9.52 Å². The number of thiophene rings is 1. The zero-order valence-electron chi connectivity index (χ0n) is 19.3. The summed E-state index contributed by atoms with van der Waals surface area (Å²) in [5.74, 6) is -0.472. The summed E-state index contributed by atoms with van der Waals surface area (Å²) in [6.45, 7) is 3.55. The fourth-order valence-corrected chi connectivity index (χ4v) is 5.97. The molecule has 2 heterocycles. The zero-order valence-corrected chi connectivity index (χ0v) is 21.8. The highest BCUT2D eigenvalue weighted by atomic mass is 32.2. The molecular formula is C21H29N3O7S3. The Hall–Kier alpha value is -2.19. The van der Waals surface area contributed by atoms with Crippen molar-refractivity contribution in [1.82, 2.24) is 9.21 Å². The van der Waals surface area contributed by atoms with Crippen LogP contribution >= 0.6 is 11.3 Å². The number of sulfonamides is 2. The molecule has 13 heteroatoms. The number of rotatable bonds is 8. The van der Waals surface area contributed by atoms with Crippen LogP contribution in [0.15, 0.2) is 39.9 Å². The van der Waals surface area contributed by atoms with Gasteiger partial charge in [0.25, 0.3) is 15.9 Å². The summed E-state index contributed by atoms with van der Waals surface area (Å²) in [5, 5.41) is 11.4. The van der Waals surface area contributed by atoms with Crippen LogP contribution in [0.2, 0.25) is 0 Å². The minimum absolute atomic E-state index is 0.0573. The molecule has 1 aromatic heterocycles. The largest absolute Gasteiger partial charge is 0.488 e. The second-order valence-electron chi connectivity index (χ2n) is 8.41. The number of likely N-dealkylation sites (N-methyl/N-ethyl adjacent to an activating group) is 1. The Morgan fingerprint density at radius 2 is 2.00 bits per heavy atom. The second kappa shape index (κ2) is 10.2. The molecule has 1 aliphatic rings. The first-order valence-electron chi connectivity index (χ1n) is 10.5. The number of carbonyl (C=O) groups is 1. The van der Waals surface area contributed by atoms with Crippen molar-refractivity contribution < 1.29 is 31.5 Å². The first-order chi connectivity index (χ1) is 15.8. The van der Waals surface area contributed by atoms with E-state index in [1.807, 2.05) is 6.92 Å². The van der Waals surface area contributed by atoms with E-state index >= 15 is 0 Å². The molecule has 34 heavy (non-hydrogen) atoms. The van der Waals surface area contributed by atoms with Gasteiger partial charge < -0.3 is 14.7 Å². The standard InChI is InChI=1S/C21H29N3O7S3/c1-14-11-24(15(2)13-25)21(26)17-10-16(22-34(29,30)20-6-5-9-32-20)7-8-18(17)31-19(14)12-23(3)33(4,27)28/h5-10,14-15,19,22,25H,11-13H2,1-4H3/t14-,15-,19-/m1/s1. The Balaban J connectivity index is 2.01. The summed E-state index contributed by atoms with van der Waals surface area (Å²) >= 11 is 1.07. The summed E-state index contributed by atoms with van der Waals surface area (Å²) in [5.41, 5.74) is 0.296. The molecule has 3 atom stereocenters. The van der Waals surface area contributed by atoms with Crippen LogP contribution in [-0.2, 0) is 20.0 Å². The van der Waals surface area contributed by atoms with Crippen LogP contribution in [0.3, 0.4) is 0 Å². The fourth-order valence-electron chi connectivity index (χ4n) is 3.51. The van der Waals surface area contributed by atoms with Gasteiger partial charge in [-0.15, -0.1) is 11.3 Å². The van der Waals surface area contributed by atoms with E-state index in [1.54, 1.807) is 18.4 Å². The number of nitrogens with zero attached hydrogens (tertiary/aromatic N) is 2. The van der Waals surface area contributed by atoms with E-state index in [2.05, 4.69) is 4.72 Å². The van der Waals surface area contributed by atoms with E-state index < -0.39 is 38.1 Å². The maximum atomic E-state index is 13.4. The molecule has 0 radical (unpaired) electrons. The number of anilines is 1. The summed E-state index contributed by atoms with van der Waals surface area (Å²) in [6, 6.07) is 6.96. The van der Waals surface area contributed by atoms with Gasteiger partial charge in [0.2, 0.25) is 10.0 Å². The van der Waals surface area contributed by atoms with E-state index in [-0.39, 0.29) is 46.8 Å². The molecule has 188 valence electrons. The highest BCUT2D eigenvalue weighted by Gasteiger charge is 2.34. The van der Waals surface area contributed by atoms with Gasteiger partial charge in [0.05, 0.1) is 31.0 Å². The minimum atomic E-state index is -3.83. The molecule has 0 saturated heterocycles. The number of hydrogen-bond donors (Lipinski definition) is 2. The molecule has 0 aliphatic carbocycles. The number of amides is 1. The Morgan fingerprint density at radius 3 is 2.59 bits per heavy atom.